The summed E-state index contributed by atoms with van der Waals surface area (Å²) in [6.07, 6.45) is 6.52. The smallest absolute Gasteiger partial charge is 0.210 e. The number of hydrogen-bond acceptors (Lipinski definition) is 3. The van der Waals surface area contributed by atoms with Crippen molar-refractivity contribution in [3.05, 3.63) is 29.3 Å². The summed E-state index contributed by atoms with van der Waals surface area (Å²) in [6.45, 7) is 0.478. The van der Waals surface area contributed by atoms with Crippen LogP contribution in [0.5, 0.6) is 0 Å². The lowest BCUT2D eigenvalue weighted by molar-refractivity contribution is 0.516. The number of hydrogen-bond donors (Lipinski definition) is 1. The van der Waals surface area contributed by atoms with Crippen LogP contribution in [0.3, 0.4) is 0 Å². The number of thioether (sulfide) groups is 1. The van der Waals surface area contributed by atoms with Gasteiger partial charge in [-0.15, -0.1) is 0 Å². The number of sulfonamides is 1. The van der Waals surface area contributed by atoms with Crippen molar-refractivity contribution in [2.75, 3.05) is 12.3 Å². The van der Waals surface area contributed by atoms with E-state index < -0.39 is 10.0 Å². The van der Waals surface area contributed by atoms with Crippen molar-refractivity contribution in [1.29, 1.82) is 0 Å². The lowest BCUT2D eigenvalue weighted by Gasteiger charge is -2.20. The maximum absolute atomic E-state index is 12.0. The molecule has 0 aliphatic heterocycles. The highest BCUT2D eigenvalue weighted by atomic mass is 35.5. The van der Waals surface area contributed by atoms with Gasteiger partial charge < -0.3 is 0 Å². The van der Waals surface area contributed by atoms with Gasteiger partial charge in [0.15, 0.2) is 0 Å². The first-order chi connectivity index (χ1) is 9.58. The summed E-state index contributed by atoms with van der Waals surface area (Å²) in [6, 6.07) is 6.23. The second kappa shape index (κ2) is 7.69. The Morgan fingerprint density at radius 2 is 1.80 bits per heavy atom. The minimum atomic E-state index is -3.40. The molecule has 1 fully saturated rings. The molecule has 2 rings (SSSR count). The van der Waals surface area contributed by atoms with Crippen LogP contribution >= 0.6 is 23.4 Å². The molecule has 20 heavy (non-hydrogen) atoms. The predicted molar refractivity (Wildman–Crippen MR) is 86.0 cm³/mol. The zero-order valence-electron chi connectivity index (χ0n) is 11.3. The van der Waals surface area contributed by atoms with Crippen molar-refractivity contribution in [2.24, 2.45) is 0 Å². The molecule has 0 spiro atoms. The van der Waals surface area contributed by atoms with Crippen molar-refractivity contribution in [2.45, 2.75) is 42.2 Å². The summed E-state index contributed by atoms with van der Waals surface area (Å²) in [7, 11) is -3.40. The normalized spacial score (nSPS) is 17.2. The molecule has 1 aromatic rings. The van der Waals surface area contributed by atoms with E-state index in [0.29, 0.717) is 16.8 Å². The first-order valence-electron chi connectivity index (χ1n) is 6.95. The van der Waals surface area contributed by atoms with E-state index in [1.54, 1.807) is 12.1 Å². The molecule has 0 aromatic heterocycles. The molecule has 1 aliphatic carbocycles. The molecule has 0 heterocycles. The second-order valence-electron chi connectivity index (χ2n) is 4.98. The Bertz CT molecular complexity index is 510. The minimum Gasteiger partial charge on any atom is -0.210 e. The largest absolute Gasteiger partial charge is 0.240 e. The fourth-order valence-electron chi connectivity index (χ4n) is 2.33. The monoisotopic (exact) mass is 333 g/mol. The van der Waals surface area contributed by atoms with E-state index in [2.05, 4.69) is 4.72 Å². The molecular formula is C14H20ClNO2S2. The maximum Gasteiger partial charge on any atom is 0.240 e. The van der Waals surface area contributed by atoms with Crippen molar-refractivity contribution >= 4 is 33.4 Å². The zero-order chi connectivity index (χ0) is 14.4. The van der Waals surface area contributed by atoms with E-state index in [0.717, 1.165) is 5.75 Å². The highest BCUT2D eigenvalue weighted by Gasteiger charge is 2.15. The van der Waals surface area contributed by atoms with Crippen LogP contribution in [-0.2, 0) is 10.0 Å². The van der Waals surface area contributed by atoms with E-state index in [-0.39, 0.29) is 4.90 Å². The fraction of sp³-hybridized carbons (Fsp3) is 0.571. The molecular weight excluding hydrogens is 314 g/mol. The summed E-state index contributed by atoms with van der Waals surface area (Å²) in [5, 5.41) is 1.25. The van der Waals surface area contributed by atoms with Gasteiger partial charge in [0.2, 0.25) is 10.0 Å². The summed E-state index contributed by atoms with van der Waals surface area (Å²) in [4.78, 5) is 0.268. The van der Waals surface area contributed by atoms with Gasteiger partial charge in [0.25, 0.3) is 0 Å². The standard InChI is InChI=1S/C14H20ClNO2S2/c15-12-6-8-14(9-7-12)20(17,18)16-10-11-19-13-4-2-1-3-5-13/h6-9,13,16H,1-5,10-11H2. The Morgan fingerprint density at radius 3 is 2.45 bits per heavy atom. The molecule has 0 unspecified atom stereocenters. The highest BCUT2D eigenvalue weighted by Crippen LogP contribution is 2.27. The van der Waals surface area contributed by atoms with Crippen LogP contribution < -0.4 is 4.72 Å². The Morgan fingerprint density at radius 1 is 1.15 bits per heavy atom. The van der Waals surface area contributed by atoms with E-state index in [4.69, 9.17) is 11.6 Å². The molecule has 112 valence electrons. The van der Waals surface area contributed by atoms with Gasteiger partial charge in [0.1, 0.15) is 0 Å². The SMILES string of the molecule is O=S(=O)(NCCSC1CCCCC1)c1ccc(Cl)cc1. The maximum atomic E-state index is 12.0. The summed E-state index contributed by atoms with van der Waals surface area (Å²) in [5.41, 5.74) is 0. The lowest BCUT2D eigenvalue weighted by Crippen LogP contribution is -2.26. The minimum absolute atomic E-state index is 0.268. The first kappa shape index (κ1) is 16.1. The Balaban J connectivity index is 1.76. The fourth-order valence-corrected chi connectivity index (χ4v) is 4.84. The highest BCUT2D eigenvalue weighted by molar-refractivity contribution is 8.00. The molecule has 3 nitrogen and oxygen atoms in total. The van der Waals surface area contributed by atoms with Crippen LogP contribution in [0.25, 0.3) is 0 Å². The van der Waals surface area contributed by atoms with Crippen molar-refractivity contribution in [3.8, 4) is 0 Å². The second-order valence-corrected chi connectivity index (χ2v) is 8.59. The molecule has 0 bridgehead atoms. The van der Waals surface area contributed by atoms with Gasteiger partial charge in [-0.1, -0.05) is 30.9 Å². The first-order valence-corrected chi connectivity index (χ1v) is 9.86. The lowest BCUT2D eigenvalue weighted by atomic mass is 10.0. The van der Waals surface area contributed by atoms with Gasteiger partial charge in [-0.05, 0) is 37.1 Å². The quantitative estimate of drug-likeness (QED) is 0.808. The van der Waals surface area contributed by atoms with E-state index in [1.807, 2.05) is 11.8 Å². The van der Waals surface area contributed by atoms with Crippen LogP contribution in [0.1, 0.15) is 32.1 Å². The molecule has 0 atom stereocenters. The van der Waals surface area contributed by atoms with Crippen molar-refractivity contribution in [3.63, 3.8) is 0 Å². The Labute approximate surface area is 130 Å². The Hall–Kier alpha value is -0.230. The molecule has 1 aliphatic rings. The summed E-state index contributed by atoms with van der Waals surface area (Å²) < 4.78 is 26.7. The van der Waals surface area contributed by atoms with Crippen LogP contribution in [0, 0.1) is 0 Å². The van der Waals surface area contributed by atoms with Gasteiger partial charge in [-0.25, -0.2) is 13.1 Å². The number of nitrogens with one attached hydrogen (secondary N) is 1. The van der Waals surface area contributed by atoms with Gasteiger partial charge in [0, 0.05) is 22.6 Å². The van der Waals surface area contributed by atoms with Gasteiger partial charge in [-0.3, -0.25) is 0 Å². The van der Waals surface area contributed by atoms with Gasteiger partial charge >= 0.3 is 0 Å². The number of halogens is 1. The third kappa shape index (κ3) is 4.95. The molecule has 6 heteroatoms. The van der Waals surface area contributed by atoms with E-state index in [1.165, 1.54) is 44.2 Å². The molecule has 1 N–H and O–H groups in total. The average molecular weight is 334 g/mol. The molecule has 1 aromatic carbocycles. The average Bonchev–Trinajstić information content (AvgIpc) is 2.45. The molecule has 0 saturated heterocycles. The van der Waals surface area contributed by atoms with Crippen LogP contribution in [0.4, 0.5) is 0 Å². The van der Waals surface area contributed by atoms with E-state index >= 15 is 0 Å². The third-order valence-corrected chi connectivity index (χ3v) is 6.54. The predicted octanol–water partition coefficient (Wildman–Crippen LogP) is 3.68. The molecule has 1 saturated carbocycles. The van der Waals surface area contributed by atoms with Crippen molar-refractivity contribution < 1.29 is 8.42 Å². The van der Waals surface area contributed by atoms with Crippen LogP contribution in [-0.4, -0.2) is 26.0 Å². The Kier molecular flexibility index (Phi) is 6.20. The van der Waals surface area contributed by atoms with Crippen LogP contribution in [0.15, 0.2) is 29.2 Å². The van der Waals surface area contributed by atoms with Gasteiger partial charge in [-0.2, -0.15) is 11.8 Å². The number of rotatable bonds is 6. The summed E-state index contributed by atoms with van der Waals surface area (Å²) >= 11 is 7.64. The summed E-state index contributed by atoms with van der Waals surface area (Å²) in [5.74, 6) is 0.831. The van der Waals surface area contributed by atoms with E-state index in [9.17, 15) is 8.42 Å². The molecule has 0 radical (unpaired) electrons. The third-order valence-electron chi connectivity index (χ3n) is 3.42. The number of benzene rings is 1. The molecule has 0 amide bonds. The van der Waals surface area contributed by atoms with Gasteiger partial charge in [0.05, 0.1) is 4.90 Å². The zero-order valence-corrected chi connectivity index (χ0v) is 13.7. The van der Waals surface area contributed by atoms with Crippen molar-refractivity contribution in [1.82, 2.24) is 4.72 Å². The van der Waals surface area contributed by atoms with Crippen LogP contribution in [0.2, 0.25) is 5.02 Å². The topological polar surface area (TPSA) is 46.2 Å².